The number of esters is 1. The molecule has 5 heteroatoms. The quantitative estimate of drug-likeness (QED) is 0.428. The van der Waals surface area contributed by atoms with Crippen LogP contribution in [0.4, 0.5) is 13.2 Å². The van der Waals surface area contributed by atoms with Gasteiger partial charge in [0.15, 0.2) is 0 Å². The highest BCUT2D eigenvalue weighted by Crippen LogP contribution is 2.28. The molecule has 0 aliphatic heterocycles. The van der Waals surface area contributed by atoms with Gasteiger partial charge in [0.1, 0.15) is 11.7 Å². The van der Waals surface area contributed by atoms with Crippen molar-refractivity contribution in [3.63, 3.8) is 0 Å². The van der Waals surface area contributed by atoms with Crippen molar-refractivity contribution in [1.82, 2.24) is 0 Å². The molecule has 0 aliphatic rings. The zero-order valence-electron chi connectivity index (χ0n) is 13.4. The van der Waals surface area contributed by atoms with Crippen molar-refractivity contribution < 1.29 is 22.7 Å². The summed E-state index contributed by atoms with van der Waals surface area (Å²) >= 11 is 0. The Morgan fingerprint density at radius 1 is 1.10 bits per heavy atom. The first-order chi connectivity index (χ1) is 9.67. The highest BCUT2D eigenvalue weighted by molar-refractivity contribution is 5.89. The molecule has 0 amide bonds. The molecule has 2 nitrogen and oxygen atoms in total. The molecule has 0 saturated heterocycles. The number of carbonyl (C=O) groups is 1. The number of hydrogen-bond donors (Lipinski definition) is 0. The molecule has 0 radical (unpaired) electrons. The van der Waals surface area contributed by atoms with Crippen molar-refractivity contribution in [3.05, 3.63) is 12.2 Å². The van der Waals surface area contributed by atoms with Gasteiger partial charge >= 0.3 is 12.1 Å². The third kappa shape index (κ3) is 7.00. The van der Waals surface area contributed by atoms with E-state index in [2.05, 4.69) is 20.4 Å². The number of alkyl halides is 3. The number of rotatable bonds is 9. The van der Waals surface area contributed by atoms with Crippen LogP contribution in [0.2, 0.25) is 0 Å². The molecule has 0 heterocycles. The molecule has 0 bridgehead atoms. The Bertz CT molecular complexity index is 333. The van der Waals surface area contributed by atoms with Crippen molar-refractivity contribution in [1.29, 1.82) is 0 Å². The van der Waals surface area contributed by atoms with Gasteiger partial charge in [-0.3, -0.25) is 0 Å². The van der Waals surface area contributed by atoms with Gasteiger partial charge in [-0.2, -0.15) is 13.2 Å². The Hall–Kier alpha value is -1.00. The van der Waals surface area contributed by atoms with Crippen molar-refractivity contribution in [2.24, 2.45) is 11.8 Å². The Kier molecular flexibility index (Phi) is 8.67. The monoisotopic (exact) mass is 308 g/mol. The molecule has 2 unspecified atom stereocenters. The highest BCUT2D eigenvalue weighted by Gasteiger charge is 2.39. The first kappa shape index (κ1) is 20.0. The lowest BCUT2D eigenvalue weighted by Gasteiger charge is -2.25. The summed E-state index contributed by atoms with van der Waals surface area (Å²) < 4.78 is 42.4. The molecule has 21 heavy (non-hydrogen) atoms. The fourth-order valence-corrected chi connectivity index (χ4v) is 2.14. The maximum Gasteiger partial charge on any atom is 0.422 e. The lowest BCUT2D eigenvalue weighted by molar-refractivity contribution is -0.158. The fraction of sp³-hybridized carbons (Fsp3) is 0.812. The van der Waals surface area contributed by atoms with E-state index in [4.69, 9.17) is 4.74 Å². The number of halogens is 3. The second kappa shape index (κ2) is 9.11. The SMILES string of the molecule is C=C(C(=O)OC(CCC(CC)CC)C(C)CC)C(F)(F)F. The predicted octanol–water partition coefficient (Wildman–Crippen LogP) is 5.28. The highest BCUT2D eigenvalue weighted by atomic mass is 19.4. The topological polar surface area (TPSA) is 26.3 Å². The van der Waals surface area contributed by atoms with Gasteiger partial charge in [-0.1, -0.05) is 53.5 Å². The van der Waals surface area contributed by atoms with Crippen LogP contribution in [0.15, 0.2) is 12.2 Å². The smallest absolute Gasteiger partial charge is 0.422 e. The number of carbonyl (C=O) groups excluding carboxylic acids is 1. The maximum atomic E-state index is 12.5. The molecule has 2 atom stereocenters. The van der Waals surface area contributed by atoms with Gasteiger partial charge in [0.2, 0.25) is 0 Å². The normalized spacial score (nSPS) is 14.9. The van der Waals surface area contributed by atoms with Gasteiger partial charge < -0.3 is 4.74 Å². The van der Waals surface area contributed by atoms with Crippen LogP contribution >= 0.6 is 0 Å². The predicted molar refractivity (Wildman–Crippen MR) is 77.8 cm³/mol. The fourth-order valence-electron chi connectivity index (χ4n) is 2.14. The molecule has 0 fully saturated rings. The van der Waals surface area contributed by atoms with Gasteiger partial charge in [0, 0.05) is 0 Å². The lowest BCUT2D eigenvalue weighted by Crippen LogP contribution is -2.30. The van der Waals surface area contributed by atoms with E-state index < -0.39 is 23.8 Å². The number of hydrogen-bond acceptors (Lipinski definition) is 2. The van der Waals surface area contributed by atoms with E-state index in [1.54, 1.807) is 0 Å². The van der Waals surface area contributed by atoms with Crippen LogP contribution in [-0.2, 0) is 9.53 Å². The summed E-state index contributed by atoms with van der Waals surface area (Å²) in [5.41, 5.74) is -1.43. The molecule has 0 aromatic rings. The van der Waals surface area contributed by atoms with Crippen molar-refractivity contribution >= 4 is 5.97 Å². The largest absolute Gasteiger partial charge is 0.459 e. The Morgan fingerprint density at radius 2 is 1.62 bits per heavy atom. The van der Waals surface area contributed by atoms with Crippen LogP contribution in [0.1, 0.15) is 59.8 Å². The van der Waals surface area contributed by atoms with Gasteiger partial charge in [-0.05, 0) is 24.7 Å². The van der Waals surface area contributed by atoms with E-state index in [1.807, 2.05) is 13.8 Å². The van der Waals surface area contributed by atoms with E-state index in [0.717, 1.165) is 25.7 Å². The van der Waals surface area contributed by atoms with E-state index in [0.29, 0.717) is 12.3 Å². The first-order valence-corrected chi connectivity index (χ1v) is 7.64. The second-order valence-corrected chi connectivity index (χ2v) is 5.57. The van der Waals surface area contributed by atoms with E-state index >= 15 is 0 Å². The first-order valence-electron chi connectivity index (χ1n) is 7.64. The molecule has 0 saturated carbocycles. The molecule has 0 aromatic heterocycles. The summed E-state index contributed by atoms with van der Waals surface area (Å²) in [7, 11) is 0. The standard InChI is InChI=1S/C16H27F3O2/c1-6-11(4)14(10-9-13(7-2)8-3)21-15(20)12(5)16(17,18)19/h11,13-14H,5-10H2,1-4H3. The molecule has 0 rings (SSSR count). The Labute approximate surface area is 125 Å². The molecular formula is C16H27F3O2. The van der Waals surface area contributed by atoms with E-state index in [-0.39, 0.29) is 5.92 Å². The maximum absolute atomic E-state index is 12.5. The zero-order valence-corrected chi connectivity index (χ0v) is 13.4. The van der Waals surface area contributed by atoms with Crippen LogP contribution in [0.25, 0.3) is 0 Å². The number of ether oxygens (including phenoxy) is 1. The Balaban J connectivity index is 4.71. The third-order valence-corrected chi connectivity index (χ3v) is 4.14. The second-order valence-electron chi connectivity index (χ2n) is 5.57. The van der Waals surface area contributed by atoms with E-state index in [1.165, 1.54) is 0 Å². The molecule has 0 N–H and O–H groups in total. The molecule has 0 aromatic carbocycles. The zero-order chi connectivity index (χ0) is 16.6. The minimum Gasteiger partial charge on any atom is -0.459 e. The molecule has 124 valence electrons. The molecular weight excluding hydrogens is 281 g/mol. The van der Waals surface area contributed by atoms with Crippen molar-refractivity contribution in [3.8, 4) is 0 Å². The summed E-state index contributed by atoms with van der Waals surface area (Å²) in [4.78, 5) is 11.6. The van der Waals surface area contributed by atoms with Crippen molar-refractivity contribution in [2.75, 3.05) is 0 Å². The van der Waals surface area contributed by atoms with Gasteiger partial charge in [-0.15, -0.1) is 0 Å². The molecule has 0 spiro atoms. The summed E-state index contributed by atoms with van der Waals surface area (Å²) in [6.45, 7) is 10.8. The summed E-state index contributed by atoms with van der Waals surface area (Å²) in [5.74, 6) is -0.803. The van der Waals surface area contributed by atoms with Crippen LogP contribution in [0.3, 0.4) is 0 Å². The minimum atomic E-state index is -4.73. The van der Waals surface area contributed by atoms with Crippen LogP contribution in [-0.4, -0.2) is 18.2 Å². The van der Waals surface area contributed by atoms with Gasteiger partial charge in [0.05, 0.1) is 0 Å². The third-order valence-electron chi connectivity index (χ3n) is 4.14. The van der Waals surface area contributed by atoms with Crippen LogP contribution in [0, 0.1) is 11.8 Å². The average Bonchev–Trinajstić information content (AvgIpc) is 2.44. The van der Waals surface area contributed by atoms with Gasteiger partial charge in [0.25, 0.3) is 0 Å². The van der Waals surface area contributed by atoms with Crippen LogP contribution < -0.4 is 0 Å². The Morgan fingerprint density at radius 3 is 2.00 bits per heavy atom. The summed E-state index contributed by atoms with van der Waals surface area (Å²) in [6, 6.07) is 0. The van der Waals surface area contributed by atoms with Crippen molar-refractivity contribution in [2.45, 2.75) is 72.1 Å². The summed E-state index contributed by atoms with van der Waals surface area (Å²) in [5, 5.41) is 0. The van der Waals surface area contributed by atoms with Gasteiger partial charge in [-0.25, -0.2) is 4.79 Å². The summed E-state index contributed by atoms with van der Waals surface area (Å²) in [6.07, 6.45) is -0.972. The molecule has 0 aliphatic carbocycles. The van der Waals surface area contributed by atoms with E-state index in [9.17, 15) is 18.0 Å². The average molecular weight is 308 g/mol. The lowest BCUT2D eigenvalue weighted by atomic mass is 9.91. The minimum absolute atomic E-state index is 0.0318. The van der Waals surface area contributed by atoms with Crippen LogP contribution in [0.5, 0.6) is 0 Å².